The van der Waals surface area contributed by atoms with Crippen LogP contribution >= 0.6 is 0 Å². The van der Waals surface area contributed by atoms with E-state index in [1.54, 1.807) is 0 Å². The largest absolute Gasteiger partial charge is 0.494 e. The van der Waals surface area contributed by atoms with Crippen LogP contribution in [0, 0.1) is 5.92 Å². The minimum Gasteiger partial charge on any atom is -0.494 e. The van der Waals surface area contributed by atoms with E-state index in [0.717, 1.165) is 68.0 Å². The predicted molar refractivity (Wildman–Crippen MR) is 135 cm³/mol. The summed E-state index contributed by atoms with van der Waals surface area (Å²) in [5.41, 5.74) is 9.35. The summed E-state index contributed by atoms with van der Waals surface area (Å²) in [5, 5.41) is 5.80. The Hall–Kier alpha value is -3.39. The van der Waals surface area contributed by atoms with E-state index in [0.29, 0.717) is 25.9 Å². The van der Waals surface area contributed by atoms with Gasteiger partial charge >= 0.3 is 0 Å². The van der Waals surface area contributed by atoms with Gasteiger partial charge in [0.05, 0.1) is 6.61 Å². The van der Waals surface area contributed by atoms with Crippen LogP contribution in [-0.4, -0.2) is 48.9 Å². The molecular weight excluding hydrogens is 444 g/mol. The van der Waals surface area contributed by atoms with Gasteiger partial charge in [0.1, 0.15) is 5.75 Å². The van der Waals surface area contributed by atoms with Gasteiger partial charge in [-0.25, -0.2) is 0 Å². The van der Waals surface area contributed by atoms with Crippen LogP contribution in [0.5, 0.6) is 5.75 Å². The number of amides is 3. The summed E-state index contributed by atoms with van der Waals surface area (Å²) in [7, 11) is 0. The second kappa shape index (κ2) is 11.8. The van der Waals surface area contributed by atoms with Crippen molar-refractivity contribution in [2.24, 2.45) is 11.7 Å². The van der Waals surface area contributed by atoms with Crippen molar-refractivity contribution >= 4 is 29.1 Å². The molecule has 1 saturated heterocycles. The maximum absolute atomic E-state index is 12.3. The van der Waals surface area contributed by atoms with E-state index in [4.69, 9.17) is 10.5 Å². The molecule has 2 aliphatic heterocycles. The molecule has 186 valence electrons. The molecule has 2 aliphatic rings. The summed E-state index contributed by atoms with van der Waals surface area (Å²) in [6, 6.07) is 13.6. The maximum Gasteiger partial charge on any atom is 0.224 e. The quantitative estimate of drug-likeness (QED) is 0.454. The molecule has 0 atom stereocenters. The summed E-state index contributed by atoms with van der Waals surface area (Å²) in [5.74, 6) is 0.613. The first kappa shape index (κ1) is 24.7. The number of carbonyl (C=O) groups excluding carboxylic acids is 3. The summed E-state index contributed by atoms with van der Waals surface area (Å²) in [6.07, 6.45) is 4.83. The van der Waals surface area contributed by atoms with Gasteiger partial charge in [-0.3, -0.25) is 14.4 Å². The van der Waals surface area contributed by atoms with Crippen LogP contribution in [-0.2, 0) is 27.2 Å². The Labute approximate surface area is 206 Å². The topological polar surface area (TPSA) is 114 Å². The summed E-state index contributed by atoms with van der Waals surface area (Å²) in [6.45, 7) is 3.23. The zero-order chi connectivity index (χ0) is 24.6. The number of likely N-dealkylation sites (tertiary alicyclic amines) is 1. The molecule has 0 aromatic heterocycles. The number of rotatable bonds is 10. The molecule has 2 aromatic carbocycles. The van der Waals surface area contributed by atoms with E-state index in [1.165, 1.54) is 5.56 Å². The number of ether oxygens (including phenoxy) is 1. The van der Waals surface area contributed by atoms with E-state index in [2.05, 4.69) is 15.5 Å². The molecule has 2 aromatic rings. The summed E-state index contributed by atoms with van der Waals surface area (Å²) >= 11 is 0. The minimum atomic E-state index is -0.179. The fourth-order valence-corrected chi connectivity index (χ4v) is 4.58. The van der Waals surface area contributed by atoms with Crippen molar-refractivity contribution in [3.05, 3.63) is 53.6 Å². The molecule has 2 heterocycles. The molecule has 1 fully saturated rings. The van der Waals surface area contributed by atoms with Crippen LogP contribution in [0.15, 0.2) is 42.5 Å². The van der Waals surface area contributed by atoms with E-state index >= 15 is 0 Å². The number of piperidine rings is 1. The van der Waals surface area contributed by atoms with Gasteiger partial charge in [0.25, 0.3) is 0 Å². The summed E-state index contributed by atoms with van der Waals surface area (Å²) in [4.78, 5) is 37.4. The Balaban J connectivity index is 1.12. The van der Waals surface area contributed by atoms with E-state index in [1.807, 2.05) is 42.5 Å². The van der Waals surface area contributed by atoms with E-state index in [-0.39, 0.29) is 23.6 Å². The molecule has 0 spiro atoms. The van der Waals surface area contributed by atoms with Crippen molar-refractivity contribution in [2.75, 3.05) is 36.9 Å². The molecule has 0 saturated carbocycles. The van der Waals surface area contributed by atoms with Gasteiger partial charge in [-0.15, -0.1) is 0 Å². The number of nitrogens with zero attached hydrogens (tertiary/aromatic N) is 1. The smallest absolute Gasteiger partial charge is 0.224 e. The zero-order valence-electron chi connectivity index (χ0n) is 20.1. The minimum absolute atomic E-state index is 0.0231. The number of hydrogen-bond acceptors (Lipinski definition) is 5. The van der Waals surface area contributed by atoms with E-state index < -0.39 is 0 Å². The molecule has 4 rings (SSSR count). The maximum atomic E-state index is 12.3. The van der Waals surface area contributed by atoms with Crippen LogP contribution in [0.1, 0.15) is 43.2 Å². The Morgan fingerprint density at radius 2 is 1.86 bits per heavy atom. The number of nitrogens with one attached hydrogen (secondary N) is 2. The first-order chi connectivity index (χ1) is 17.0. The molecule has 0 aliphatic carbocycles. The lowest BCUT2D eigenvalue weighted by Crippen LogP contribution is -2.39. The SMILES string of the molecule is NC(=O)C1CCN(CCc2ccc(NC(=O)CCCOc3ccc4c(c3)CCC(=O)N4)cc2)CC1. The van der Waals surface area contributed by atoms with Crippen LogP contribution < -0.4 is 21.1 Å². The average Bonchev–Trinajstić information content (AvgIpc) is 2.86. The number of aryl methyl sites for hydroxylation is 1. The highest BCUT2D eigenvalue weighted by Crippen LogP contribution is 2.27. The highest BCUT2D eigenvalue weighted by atomic mass is 16.5. The number of benzene rings is 2. The Kier molecular flexibility index (Phi) is 8.36. The number of anilines is 2. The van der Waals surface area contributed by atoms with Crippen molar-refractivity contribution in [3.8, 4) is 5.75 Å². The number of hydrogen-bond donors (Lipinski definition) is 3. The van der Waals surface area contributed by atoms with Crippen molar-refractivity contribution < 1.29 is 19.1 Å². The molecular formula is C27H34N4O4. The van der Waals surface area contributed by atoms with Crippen molar-refractivity contribution in [3.63, 3.8) is 0 Å². The van der Waals surface area contributed by atoms with Crippen molar-refractivity contribution in [2.45, 2.75) is 44.9 Å². The second-order valence-electron chi connectivity index (χ2n) is 9.33. The molecule has 0 bridgehead atoms. The van der Waals surface area contributed by atoms with Crippen molar-refractivity contribution in [1.82, 2.24) is 4.90 Å². The second-order valence-corrected chi connectivity index (χ2v) is 9.33. The monoisotopic (exact) mass is 478 g/mol. The fourth-order valence-electron chi connectivity index (χ4n) is 4.58. The number of primary amides is 1. The molecule has 4 N–H and O–H groups in total. The molecule has 0 unspecified atom stereocenters. The van der Waals surface area contributed by atoms with Crippen LogP contribution in [0.3, 0.4) is 0 Å². The lowest BCUT2D eigenvalue weighted by Gasteiger charge is -2.30. The number of nitrogens with two attached hydrogens (primary N) is 1. The van der Waals surface area contributed by atoms with Crippen LogP contribution in [0.4, 0.5) is 11.4 Å². The normalized spacial score (nSPS) is 16.3. The van der Waals surface area contributed by atoms with E-state index in [9.17, 15) is 14.4 Å². The Bertz CT molecular complexity index is 1050. The standard InChI is InChI=1S/C27H34N4O4/c28-27(34)20-12-15-31(16-13-20)14-11-19-3-6-22(7-4-19)29-25(32)2-1-17-35-23-8-9-24-21(18-23)5-10-26(33)30-24/h3-4,6-9,18,20H,1-2,5,10-17H2,(H2,28,34)(H,29,32)(H,30,33). The van der Waals surface area contributed by atoms with Crippen molar-refractivity contribution in [1.29, 1.82) is 0 Å². The Morgan fingerprint density at radius 1 is 1.09 bits per heavy atom. The predicted octanol–water partition coefficient (Wildman–Crippen LogP) is 3.11. The van der Waals surface area contributed by atoms with Gasteiger partial charge < -0.3 is 26.0 Å². The third-order valence-electron chi connectivity index (χ3n) is 6.73. The van der Waals surface area contributed by atoms with Gasteiger partial charge in [-0.05, 0) is 86.7 Å². The number of carbonyl (C=O) groups is 3. The van der Waals surface area contributed by atoms with Gasteiger partial charge in [0.15, 0.2) is 0 Å². The van der Waals surface area contributed by atoms with Crippen LogP contribution in [0.2, 0.25) is 0 Å². The van der Waals surface area contributed by atoms with Gasteiger partial charge in [-0.2, -0.15) is 0 Å². The highest BCUT2D eigenvalue weighted by molar-refractivity contribution is 5.94. The molecule has 35 heavy (non-hydrogen) atoms. The van der Waals surface area contributed by atoms with Gasteiger partial charge in [0.2, 0.25) is 17.7 Å². The fraction of sp³-hybridized carbons (Fsp3) is 0.444. The molecule has 8 heteroatoms. The molecule has 0 radical (unpaired) electrons. The molecule has 3 amide bonds. The average molecular weight is 479 g/mol. The van der Waals surface area contributed by atoms with Gasteiger partial charge in [-0.1, -0.05) is 12.1 Å². The lowest BCUT2D eigenvalue weighted by molar-refractivity contribution is -0.123. The lowest BCUT2D eigenvalue weighted by atomic mass is 9.96. The van der Waals surface area contributed by atoms with Gasteiger partial charge in [0, 0.05) is 36.7 Å². The number of fused-ring (bicyclic) bond motifs is 1. The first-order valence-electron chi connectivity index (χ1n) is 12.4. The highest BCUT2D eigenvalue weighted by Gasteiger charge is 2.22. The Morgan fingerprint density at radius 3 is 2.60 bits per heavy atom. The van der Waals surface area contributed by atoms with Crippen LogP contribution in [0.25, 0.3) is 0 Å². The third kappa shape index (κ3) is 7.29. The first-order valence-corrected chi connectivity index (χ1v) is 12.4. The zero-order valence-corrected chi connectivity index (χ0v) is 20.1. The summed E-state index contributed by atoms with van der Waals surface area (Å²) < 4.78 is 5.79. The third-order valence-corrected chi connectivity index (χ3v) is 6.73. The molecule has 8 nitrogen and oxygen atoms in total.